The molecule has 0 unspecified atom stereocenters. The Labute approximate surface area is 124 Å². The predicted octanol–water partition coefficient (Wildman–Crippen LogP) is 3.63. The van der Waals surface area contributed by atoms with Crippen LogP contribution in [-0.4, -0.2) is 28.6 Å². The number of benzene rings is 1. The van der Waals surface area contributed by atoms with Crippen molar-refractivity contribution < 1.29 is 4.74 Å². The SMILES string of the molecule is CC1(Cn2c(CCCl)nc3ccccc32)CCOCC1. The topological polar surface area (TPSA) is 27.1 Å². The molecule has 0 amide bonds. The molecule has 3 nitrogen and oxygen atoms in total. The molecule has 0 atom stereocenters. The molecule has 1 aromatic carbocycles. The standard InChI is InChI=1S/C16H21ClN2O/c1-16(7-10-20-11-8-16)12-19-14-5-3-2-4-13(14)18-15(19)6-9-17/h2-5H,6-12H2,1H3. The fourth-order valence-corrected chi connectivity index (χ4v) is 3.15. The lowest BCUT2D eigenvalue weighted by Crippen LogP contribution is -2.31. The average molecular weight is 293 g/mol. The van der Waals surface area contributed by atoms with Crippen molar-refractivity contribution in [2.75, 3.05) is 19.1 Å². The molecule has 0 N–H and O–H groups in total. The van der Waals surface area contributed by atoms with E-state index in [2.05, 4.69) is 29.7 Å². The monoisotopic (exact) mass is 292 g/mol. The Balaban J connectivity index is 1.97. The Morgan fingerprint density at radius 2 is 2.05 bits per heavy atom. The molecule has 4 heteroatoms. The van der Waals surface area contributed by atoms with Gasteiger partial charge in [0.15, 0.2) is 0 Å². The minimum atomic E-state index is 0.294. The second-order valence-electron chi connectivity index (χ2n) is 5.96. The number of halogens is 1. The van der Waals surface area contributed by atoms with Gasteiger partial charge in [-0.3, -0.25) is 0 Å². The minimum Gasteiger partial charge on any atom is -0.381 e. The summed E-state index contributed by atoms with van der Waals surface area (Å²) in [4.78, 5) is 4.75. The zero-order valence-electron chi connectivity index (χ0n) is 11.9. The number of aromatic nitrogens is 2. The summed E-state index contributed by atoms with van der Waals surface area (Å²) < 4.78 is 7.87. The highest BCUT2D eigenvalue weighted by molar-refractivity contribution is 6.17. The predicted molar refractivity (Wildman–Crippen MR) is 82.3 cm³/mol. The number of imidazole rings is 1. The van der Waals surface area contributed by atoms with Crippen molar-refractivity contribution in [2.45, 2.75) is 32.7 Å². The van der Waals surface area contributed by atoms with Gasteiger partial charge in [0.25, 0.3) is 0 Å². The summed E-state index contributed by atoms with van der Waals surface area (Å²) in [6.45, 7) is 5.10. The lowest BCUT2D eigenvalue weighted by atomic mass is 9.82. The van der Waals surface area contributed by atoms with E-state index in [1.807, 2.05) is 6.07 Å². The van der Waals surface area contributed by atoms with E-state index < -0.39 is 0 Å². The molecular weight excluding hydrogens is 272 g/mol. The first-order chi connectivity index (χ1) is 9.72. The van der Waals surface area contributed by atoms with E-state index in [0.717, 1.165) is 50.4 Å². The molecule has 2 aromatic rings. The molecule has 0 saturated carbocycles. The van der Waals surface area contributed by atoms with E-state index in [1.165, 1.54) is 5.52 Å². The summed E-state index contributed by atoms with van der Waals surface area (Å²) in [5, 5.41) is 0. The van der Waals surface area contributed by atoms with Crippen molar-refractivity contribution in [3.8, 4) is 0 Å². The average Bonchev–Trinajstić information content (AvgIpc) is 2.78. The molecule has 108 valence electrons. The molecule has 1 aliphatic rings. The zero-order chi connectivity index (χ0) is 14.0. The number of hydrogen-bond acceptors (Lipinski definition) is 2. The molecule has 2 heterocycles. The van der Waals surface area contributed by atoms with Gasteiger partial charge in [0.05, 0.1) is 11.0 Å². The number of fused-ring (bicyclic) bond motifs is 1. The second kappa shape index (κ2) is 5.74. The van der Waals surface area contributed by atoms with Crippen LogP contribution < -0.4 is 0 Å². The van der Waals surface area contributed by atoms with E-state index in [1.54, 1.807) is 0 Å². The maximum atomic E-state index is 5.94. The Hall–Kier alpha value is -1.06. The number of hydrogen-bond donors (Lipinski definition) is 0. The lowest BCUT2D eigenvalue weighted by Gasteiger charge is -2.34. The molecule has 1 aliphatic heterocycles. The summed E-state index contributed by atoms with van der Waals surface area (Å²) in [6.07, 6.45) is 3.04. The van der Waals surface area contributed by atoms with E-state index >= 15 is 0 Å². The third-order valence-electron chi connectivity index (χ3n) is 4.29. The Morgan fingerprint density at radius 3 is 2.80 bits per heavy atom. The fourth-order valence-electron chi connectivity index (χ4n) is 2.98. The van der Waals surface area contributed by atoms with E-state index in [9.17, 15) is 0 Å². The molecule has 0 spiro atoms. The molecule has 0 aliphatic carbocycles. The highest BCUT2D eigenvalue weighted by Crippen LogP contribution is 2.33. The smallest absolute Gasteiger partial charge is 0.111 e. The van der Waals surface area contributed by atoms with Crippen molar-refractivity contribution in [3.63, 3.8) is 0 Å². The highest BCUT2D eigenvalue weighted by Gasteiger charge is 2.29. The second-order valence-corrected chi connectivity index (χ2v) is 6.34. The van der Waals surface area contributed by atoms with Crippen LogP contribution in [0.4, 0.5) is 0 Å². The van der Waals surface area contributed by atoms with Crippen LogP contribution in [0.15, 0.2) is 24.3 Å². The van der Waals surface area contributed by atoms with E-state index in [0.29, 0.717) is 11.3 Å². The summed E-state index contributed by atoms with van der Waals surface area (Å²) in [6, 6.07) is 8.36. The molecular formula is C16H21ClN2O. The van der Waals surface area contributed by atoms with Crippen LogP contribution in [0.1, 0.15) is 25.6 Å². The van der Waals surface area contributed by atoms with Gasteiger partial charge in [0.2, 0.25) is 0 Å². The first-order valence-electron chi connectivity index (χ1n) is 7.30. The number of aryl methyl sites for hydroxylation is 1. The maximum absolute atomic E-state index is 5.94. The van der Waals surface area contributed by atoms with Crippen LogP contribution in [-0.2, 0) is 17.7 Å². The summed E-state index contributed by atoms with van der Waals surface area (Å²) >= 11 is 5.94. The summed E-state index contributed by atoms with van der Waals surface area (Å²) in [7, 11) is 0. The normalized spacial score (nSPS) is 18.5. The number of alkyl halides is 1. The van der Waals surface area contributed by atoms with Gasteiger partial charge in [-0.25, -0.2) is 4.98 Å². The van der Waals surface area contributed by atoms with Gasteiger partial charge in [0, 0.05) is 32.1 Å². The number of ether oxygens (including phenoxy) is 1. The summed E-state index contributed by atoms with van der Waals surface area (Å²) in [5.41, 5.74) is 2.59. The quantitative estimate of drug-likeness (QED) is 0.805. The first kappa shape index (κ1) is 13.9. The third kappa shape index (κ3) is 2.70. The van der Waals surface area contributed by atoms with Crippen LogP contribution in [0, 0.1) is 5.41 Å². The van der Waals surface area contributed by atoms with Gasteiger partial charge in [-0.05, 0) is 30.4 Å². The Morgan fingerprint density at radius 1 is 1.30 bits per heavy atom. The lowest BCUT2D eigenvalue weighted by molar-refractivity contribution is 0.0157. The van der Waals surface area contributed by atoms with Crippen molar-refractivity contribution in [1.82, 2.24) is 9.55 Å². The van der Waals surface area contributed by atoms with E-state index in [4.69, 9.17) is 21.3 Å². The number of rotatable bonds is 4. The van der Waals surface area contributed by atoms with Crippen molar-refractivity contribution >= 4 is 22.6 Å². The highest BCUT2D eigenvalue weighted by atomic mass is 35.5. The zero-order valence-corrected chi connectivity index (χ0v) is 12.7. The van der Waals surface area contributed by atoms with Crippen LogP contribution >= 0.6 is 11.6 Å². The van der Waals surface area contributed by atoms with Gasteiger partial charge >= 0.3 is 0 Å². The van der Waals surface area contributed by atoms with Gasteiger partial charge in [-0.2, -0.15) is 0 Å². The van der Waals surface area contributed by atoms with Crippen molar-refractivity contribution in [2.24, 2.45) is 5.41 Å². The Bertz CT molecular complexity index is 587. The molecule has 0 bridgehead atoms. The van der Waals surface area contributed by atoms with Gasteiger partial charge in [-0.1, -0.05) is 19.1 Å². The van der Waals surface area contributed by atoms with E-state index in [-0.39, 0.29) is 0 Å². The largest absolute Gasteiger partial charge is 0.381 e. The number of para-hydroxylation sites is 2. The maximum Gasteiger partial charge on any atom is 0.111 e. The molecule has 20 heavy (non-hydrogen) atoms. The molecule has 3 rings (SSSR count). The first-order valence-corrected chi connectivity index (χ1v) is 7.83. The van der Waals surface area contributed by atoms with Crippen LogP contribution in [0.25, 0.3) is 11.0 Å². The number of nitrogens with zero attached hydrogens (tertiary/aromatic N) is 2. The molecule has 1 saturated heterocycles. The van der Waals surface area contributed by atoms with Crippen LogP contribution in [0.2, 0.25) is 0 Å². The summed E-state index contributed by atoms with van der Waals surface area (Å²) in [5.74, 6) is 1.72. The minimum absolute atomic E-state index is 0.294. The van der Waals surface area contributed by atoms with Gasteiger partial charge in [-0.15, -0.1) is 11.6 Å². The molecule has 1 fully saturated rings. The van der Waals surface area contributed by atoms with Gasteiger partial charge < -0.3 is 9.30 Å². The van der Waals surface area contributed by atoms with Crippen molar-refractivity contribution in [3.05, 3.63) is 30.1 Å². The molecule has 0 radical (unpaired) electrons. The van der Waals surface area contributed by atoms with Gasteiger partial charge in [0.1, 0.15) is 5.82 Å². The molecule has 1 aromatic heterocycles. The van der Waals surface area contributed by atoms with Crippen LogP contribution in [0.3, 0.4) is 0 Å². The fraction of sp³-hybridized carbons (Fsp3) is 0.562. The van der Waals surface area contributed by atoms with Crippen LogP contribution in [0.5, 0.6) is 0 Å². The van der Waals surface area contributed by atoms with Crippen molar-refractivity contribution in [1.29, 1.82) is 0 Å². The Kier molecular flexibility index (Phi) is 3.99. The third-order valence-corrected chi connectivity index (χ3v) is 4.48.